The molecule has 3 heterocycles. The predicted octanol–water partition coefficient (Wildman–Crippen LogP) is 0.940. The fraction of sp³-hybridized carbons (Fsp3) is 0.500. The van der Waals surface area contributed by atoms with Crippen LogP contribution in [0.15, 0.2) is 17.5 Å². The minimum absolute atomic E-state index is 0.111. The molecular formula is C16H19N3O6S2. The number of carbonyl (C=O) groups excluding carboxylic acids is 3. The number of carbonyl (C=O) groups is 4. The number of aliphatic carboxylic acids is 1. The predicted molar refractivity (Wildman–Crippen MR) is 99.4 cm³/mol. The summed E-state index contributed by atoms with van der Waals surface area (Å²) in [4.78, 5) is 50.8. The van der Waals surface area contributed by atoms with Gasteiger partial charge in [0.05, 0.1) is 5.00 Å². The van der Waals surface area contributed by atoms with E-state index in [1.807, 2.05) is 5.38 Å². The van der Waals surface area contributed by atoms with Crippen LogP contribution in [0.4, 0.5) is 9.80 Å². The molecule has 0 bridgehead atoms. The molecule has 2 saturated heterocycles. The topological polar surface area (TPSA) is 130 Å². The first-order valence-corrected chi connectivity index (χ1v) is 10.1. The summed E-state index contributed by atoms with van der Waals surface area (Å²) in [6.45, 7) is 2.74. The van der Waals surface area contributed by atoms with Crippen molar-refractivity contribution in [3.8, 4) is 0 Å². The zero-order chi connectivity index (χ0) is 19.9. The van der Waals surface area contributed by atoms with E-state index in [0.29, 0.717) is 5.00 Å². The molecule has 3 N–H and O–H groups in total. The molecule has 1 aromatic heterocycles. The number of hydrogen-bond acceptors (Lipinski definition) is 7. The van der Waals surface area contributed by atoms with Gasteiger partial charge in [-0.1, -0.05) is 0 Å². The smallest absolute Gasteiger partial charge is 0.404 e. The van der Waals surface area contributed by atoms with Crippen LogP contribution in [-0.4, -0.2) is 63.7 Å². The number of thioether (sulfide) groups is 1. The molecule has 146 valence electrons. The highest BCUT2D eigenvalue weighted by Crippen LogP contribution is 2.47. The number of thiophene rings is 1. The molecule has 2 fully saturated rings. The van der Waals surface area contributed by atoms with Gasteiger partial charge in [0.2, 0.25) is 11.8 Å². The SMILES string of the molecule is CC(=O)N(c1cccs1)C1C(=O)N2CC(C(=O)O)(C(C)OC(N)=O)CS[C@H]12. The fourth-order valence-corrected chi connectivity index (χ4v) is 5.91. The number of β-lactam (4-membered cyclic amide) rings is 1. The lowest BCUT2D eigenvalue weighted by Gasteiger charge is -2.56. The number of anilines is 1. The van der Waals surface area contributed by atoms with Crippen LogP contribution in [0.1, 0.15) is 13.8 Å². The Balaban J connectivity index is 1.83. The lowest BCUT2D eigenvalue weighted by atomic mass is 9.82. The molecule has 0 radical (unpaired) electrons. The maximum atomic E-state index is 12.8. The highest BCUT2D eigenvalue weighted by Gasteiger charge is 2.61. The number of hydrogen-bond donors (Lipinski definition) is 2. The van der Waals surface area contributed by atoms with Gasteiger partial charge >= 0.3 is 12.1 Å². The van der Waals surface area contributed by atoms with Crippen molar-refractivity contribution in [3.63, 3.8) is 0 Å². The molecule has 11 heteroatoms. The molecule has 0 aliphatic carbocycles. The Morgan fingerprint density at radius 2 is 2.19 bits per heavy atom. The van der Waals surface area contributed by atoms with E-state index in [4.69, 9.17) is 10.5 Å². The normalized spacial score (nSPS) is 27.9. The number of primary amides is 1. The van der Waals surface area contributed by atoms with Gasteiger partial charge in [0, 0.05) is 19.2 Å². The maximum absolute atomic E-state index is 12.8. The van der Waals surface area contributed by atoms with Crippen LogP contribution in [-0.2, 0) is 19.1 Å². The number of nitrogens with zero attached hydrogens (tertiary/aromatic N) is 2. The molecule has 3 unspecified atom stereocenters. The first-order valence-electron chi connectivity index (χ1n) is 8.14. The van der Waals surface area contributed by atoms with Crippen molar-refractivity contribution >= 4 is 52.0 Å². The van der Waals surface area contributed by atoms with Gasteiger partial charge in [0.1, 0.15) is 22.9 Å². The van der Waals surface area contributed by atoms with Crippen LogP contribution < -0.4 is 10.6 Å². The van der Waals surface area contributed by atoms with Gasteiger partial charge in [-0.25, -0.2) is 4.79 Å². The zero-order valence-electron chi connectivity index (χ0n) is 14.7. The van der Waals surface area contributed by atoms with Crippen LogP contribution in [0.25, 0.3) is 0 Å². The second-order valence-corrected chi connectivity index (χ2v) is 8.52. The third kappa shape index (κ3) is 3.14. The van der Waals surface area contributed by atoms with Crippen molar-refractivity contribution in [3.05, 3.63) is 17.5 Å². The standard InChI is InChI=1S/C16H19N3O6S2/c1-8(25-15(17)24)16(14(22)23)6-18-12(21)11(13(18)27-7-16)19(9(2)20)10-4-3-5-26-10/h3-5,8,11,13H,6-7H2,1-2H3,(H2,17,24)(H,22,23)/t8?,11?,13-,16?/m1/s1. The minimum atomic E-state index is -1.46. The van der Waals surface area contributed by atoms with Crippen molar-refractivity contribution in [1.29, 1.82) is 0 Å². The summed E-state index contributed by atoms with van der Waals surface area (Å²) < 4.78 is 4.91. The van der Waals surface area contributed by atoms with Gasteiger partial charge in [-0.05, 0) is 24.4 Å². The number of ether oxygens (including phenoxy) is 1. The van der Waals surface area contributed by atoms with Gasteiger partial charge in [-0.3, -0.25) is 19.3 Å². The van der Waals surface area contributed by atoms with E-state index in [0.717, 1.165) is 0 Å². The fourth-order valence-electron chi connectivity index (χ4n) is 3.41. The molecule has 3 rings (SSSR count). The molecule has 0 saturated carbocycles. The molecule has 0 spiro atoms. The summed E-state index contributed by atoms with van der Waals surface area (Å²) in [5.74, 6) is -1.62. The average Bonchev–Trinajstić information content (AvgIpc) is 3.11. The molecule has 27 heavy (non-hydrogen) atoms. The van der Waals surface area contributed by atoms with E-state index < -0.39 is 29.6 Å². The van der Waals surface area contributed by atoms with Crippen molar-refractivity contribution < 1.29 is 29.0 Å². The second-order valence-electron chi connectivity index (χ2n) is 6.49. The van der Waals surface area contributed by atoms with E-state index in [-0.39, 0.29) is 29.5 Å². The molecule has 3 amide bonds. The van der Waals surface area contributed by atoms with Crippen molar-refractivity contribution in [2.45, 2.75) is 31.4 Å². The second kappa shape index (κ2) is 7.04. The number of rotatable bonds is 5. The van der Waals surface area contributed by atoms with E-state index >= 15 is 0 Å². The molecule has 4 atom stereocenters. The van der Waals surface area contributed by atoms with E-state index in [1.165, 1.54) is 46.7 Å². The third-order valence-corrected chi connectivity index (χ3v) is 7.34. The Hall–Kier alpha value is -2.27. The maximum Gasteiger partial charge on any atom is 0.404 e. The van der Waals surface area contributed by atoms with Gasteiger partial charge < -0.3 is 20.5 Å². The number of carboxylic acid groups (broad SMARTS) is 1. The summed E-state index contributed by atoms with van der Waals surface area (Å²) in [6, 6.07) is 2.88. The summed E-state index contributed by atoms with van der Waals surface area (Å²) in [5, 5.41) is 11.9. The van der Waals surface area contributed by atoms with Gasteiger partial charge in [0.25, 0.3) is 0 Å². The Kier molecular flexibility index (Phi) is 5.08. The highest BCUT2D eigenvalue weighted by molar-refractivity contribution is 8.00. The van der Waals surface area contributed by atoms with Crippen molar-refractivity contribution in [1.82, 2.24) is 4.90 Å². The Morgan fingerprint density at radius 1 is 1.48 bits per heavy atom. The third-order valence-electron chi connectivity index (χ3n) is 4.94. The molecule has 2 aliphatic rings. The average molecular weight is 413 g/mol. The monoisotopic (exact) mass is 413 g/mol. The van der Waals surface area contributed by atoms with Crippen LogP contribution in [0.2, 0.25) is 0 Å². The van der Waals surface area contributed by atoms with Gasteiger partial charge in [-0.2, -0.15) is 0 Å². The van der Waals surface area contributed by atoms with Crippen molar-refractivity contribution in [2.24, 2.45) is 11.1 Å². The van der Waals surface area contributed by atoms with Crippen LogP contribution in [0.5, 0.6) is 0 Å². The number of carboxylic acids is 1. The molecule has 2 aliphatic heterocycles. The highest BCUT2D eigenvalue weighted by atomic mass is 32.2. The van der Waals surface area contributed by atoms with E-state index in [1.54, 1.807) is 12.1 Å². The first kappa shape index (κ1) is 19.5. The molecule has 9 nitrogen and oxygen atoms in total. The number of fused-ring (bicyclic) bond motifs is 1. The van der Waals surface area contributed by atoms with Gasteiger partial charge in [-0.15, -0.1) is 23.1 Å². The number of nitrogens with two attached hydrogens (primary N) is 1. The van der Waals surface area contributed by atoms with Crippen LogP contribution in [0.3, 0.4) is 0 Å². The quantitative estimate of drug-likeness (QED) is 0.687. The summed E-state index contributed by atoms with van der Waals surface area (Å²) >= 11 is 2.62. The molecular weight excluding hydrogens is 394 g/mol. The lowest BCUT2D eigenvalue weighted by molar-refractivity contribution is -0.163. The largest absolute Gasteiger partial charge is 0.481 e. The summed E-state index contributed by atoms with van der Waals surface area (Å²) in [6.07, 6.45) is -2.07. The Labute approximate surface area is 163 Å². The summed E-state index contributed by atoms with van der Waals surface area (Å²) in [7, 11) is 0. The van der Waals surface area contributed by atoms with E-state index in [9.17, 15) is 24.3 Å². The lowest BCUT2D eigenvalue weighted by Crippen LogP contribution is -2.75. The molecule has 0 aromatic carbocycles. The van der Waals surface area contributed by atoms with Gasteiger partial charge in [0.15, 0.2) is 0 Å². The van der Waals surface area contributed by atoms with Crippen molar-refractivity contribution in [2.75, 3.05) is 17.2 Å². The minimum Gasteiger partial charge on any atom is -0.481 e. The first-order chi connectivity index (χ1) is 12.7. The zero-order valence-corrected chi connectivity index (χ0v) is 16.3. The van der Waals surface area contributed by atoms with Crippen LogP contribution >= 0.6 is 23.1 Å². The van der Waals surface area contributed by atoms with Crippen LogP contribution in [0, 0.1) is 5.41 Å². The Morgan fingerprint density at radius 3 is 2.70 bits per heavy atom. The van der Waals surface area contributed by atoms with E-state index in [2.05, 4.69) is 0 Å². The molecule has 1 aromatic rings. The number of amides is 3. The Bertz CT molecular complexity index is 785. The summed E-state index contributed by atoms with van der Waals surface area (Å²) in [5.41, 5.74) is 3.57.